The Kier molecular flexibility index (Phi) is 4.60. The van der Waals surface area contributed by atoms with Crippen LogP contribution >= 0.6 is 15.9 Å². The smallest absolute Gasteiger partial charge is 0.0795 e. The number of hydrogen-bond donors (Lipinski definition) is 1. The summed E-state index contributed by atoms with van der Waals surface area (Å²) in [6.45, 7) is 3.74. The van der Waals surface area contributed by atoms with Crippen LogP contribution in [0.3, 0.4) is 0 Å². The molecule has 1 aliphatic heterocycles. The lowest BCUT2D eigenvalue weighted by Gasteiger charge is -2.25. The molecule has 94 valence electrons. The summed E-state index contributed by atoms with van der Waals surface area (Å²) in [5, 5.41) is 10.3. The minimum Gasteiger partial charge on any atom is -0.388 e. The minimum absolute atomic E-state index is 0.341. The number of rotatable bonds is 3. The van der Waals surface area contributed by atoms with E-state index >= 15 is 0 Å². The molecule has 0 radical (unpaired) electrons. The highest BCUT2D eigenvalue weighted by molar-refractivity contribution is 9.10. The van der Waals surface area contributed by atoms with Gasteiger partial charge in [0.05, 0.1) is 6.10 Å². The molecule has 0 amide bonds. The first kappa shape index (κ1) is 13.1. The van der Waals surface area contributed by atoms with Crippen molar-refractivity contribution in [3.63, 3.8) is 0 Å². The van der Waals surface area contributed by atoms with Crippen LogP contribution in [0, 0.1) is 12.8 Å². The van der Waals surface area contributed by atoms with Crippen LogP contribution in [0.1, 0.15) is 36.5 Å². The zero-order chi connectivity index (χ0) is 12.3. The van der Waals surface area contributed by atoms with Crippen LogP contribution in [0.4, 0.5) is 0 Å². The fourth-order valence-electron chi connectivity index (χ4n) is 2.44. The largest absolute Gasteiger partial charge is 0.388 e. The lowest BCUT2D eigenvalue weighted by atomic mass is 9.90. The van der Waals surface area contributed by atoms with E-state index in [1.165, 1.54) is 0 Å². The maximum atomic E-state index is 10.3. The van der Waals surface area contributed by atoms with Crippen molar-refractivity contribution in [1.82, 2.24) is 0 Å². The topological polar surface area (TPSA) is 29.5 Å². The van der Waals surface area contributed by atoms with E-state index in [0.29, 0.717) is 5.92 Å². The normalized spacial score (nSPS) is 19.2. The second-order valence-electron chi connectivity index (χ2n) is 4.81. The molecular weight excluding hydrogens is 280 g/mol. The van der Waals surface area contributed by atoms with E-state index in [9.17, 15) is 5.11 Å². The monoisotopic (exact) mass is 298 g/mol. The molecule has 1 fully saturated rings. The molecule has 1 atom stereocenters. The van der Waals surface area contributed by atoms with E-state index in [4.69, 9.17) is 4.74 Å². The molecule has 17 heavy (non-hydrogen) atoms. The van der Waals surface area contributed by atoms with Gasteiger partial charge in [0.25, 0.3) is 0 Å². The van der Waals surface area contributed by atoms with E-state index in [-0.39, 0.29) is 6.10 Å². The van der Waals surface area contributed by atoms with Gasteiger partial charge in [0.15, 0.2) is 0 Å². The summed E-state index contributed by atoms with van der Waals surface area (Å²) in [5.41, 5.74) is 2.21. The van der Waals surface area contributed by atoms with E-state index in [1.54, 1.807) is 0 Å². The number of benzene rings is 1. The van der Waals surface area contributed by atoms with E-state index < -0.39 is 0 Å². The molecule has 1 N–H and O–H groups in total. The summed E-state index contributed by atoms with van der Waals surface area (Å²) >= 11 is 3.45. The van der Waals surface area contributed by atoms with Gasteiger partial charge in [-0.1, -0.05) is 22.0 Å². The number of aryl methyl sites for hydroxylation is 1. The Morgan fingerprint density at radius 3 is 2.76 bits per heavy atom. The van der Waals surface area contributed by atoms with Crippen molar-refractivity contribution >= 4 is 15.9 Å². The molecule has 0 bridgehead atoms. The molecule has 3 heteroatoms. The second kappa shape index (κ2) is 5.98. The molecule has 1 unspecified atom stereocenters. The second-order valence-corrected chi connectivity index (χ2v) is 5.72. The molecule has 2 rings (SSSR count). The first-order chi connectivity index (χ1) is 8.16. The number of halogens is 1. The van der Waals surface area contributed by atoms with Gasteiger partial charge in [-0.15, -0.1) is 0 Å². The Labute approximate surface area is 111 Å². The number of hydrogen-bond acceptors (Lipinski definition) is 2. The third-order valence-electron chi connectivity index (χ3n) is 3.49. The maximum Gasteiger partial charge on any atom is 0.0795 e. The summed E-state index contributed by atoms with van der Waals surface area (Å²) in [7, 11) is 0. The summed E-state index contributed by atoms with van der Waals surface area (Å²) in [6, 6.07) is 6.07. The van der Waals surface area contributed by atoms with Gasteiger partial charge in [0.1, 0.15) is 0 Å². The van der Waals surface area contributed by atoms with Crippen LogP contribution in [0.2, 0.25) is 0 Å². The van der Waals surface area contributed by atoms with Gasteiger partial charge in [-0.2, -0.15) is 0 Å². The van der Waals surface area contributed by atoms with E-state index in [0.717, 1.165) is 48.1 Å². The standard InChI is InChI=1S/C14H19BrO2/c1-10-8-12(15)2-3-13(10)14(16)9-11-4-6-17-7-5-11/h2-3,8,11,14,16H,4-7,9H2,1H3. The summed E-state index contributed by atoms with van der Waals surface area (Å²) in [4.78, 5) is 0. The van der Waals surface area contributed by atoms with Gasteiger partial charge in [-0.3, -0.25) is 0 Å². The summed E-state index contributed by atoms with van der Waals surface area (Å²) < 4.78 is 6.41. The maximum absolute atomic E-state index is 10.3. The van der Waals surface area contributed by atoms with E-state index in [2.05, 4.69) is 22.0 Å². The van der Waals surface area contributed by atoms with Gasteiger partial charge < -0.3 is 9.84 Å². The fourth-order valence-corrected chi connectivity index (χ4v) is 2.91. The van der Waals surface area contributed by atoms with Crippen LogP contribution in [-0.4, -0.2) is 18.3 Å². The molecule has 1 aromatic rings. The van der Waals surface area contributed by atoms with Crippen LogP contribution in [-0.2, 0) is 4.74 Å². The average Bonchev–Trinajstić information content (AvgIpc) is 2.30. The molecule has 1 aromatic carbocycles. The summed E-state index contributed by atoms with van der Waals surface area (Å²) in [5.74, 6) is 0.599. The lowest BCUT2D eigenvalue weighted by molar-refractivity contribution is 0.0434. The zero-order valence-electron chi connectivity index (χ0n) is 10.2. The lowest BCUT2D eigenvalue weighted by Crippen LogP contribution is -2.18. The average molecular weight is 299 g/mol. The highest BCUT2D eigenvalue weighted by atomic mass is 79.9. The molecule has 1 aliphatic rings. The molecule has 0 aromatic heterocycles. The quantitative estimate of drug-likeness (QED) is 0.924. The third kappa shape index (κ3) is 3.54. The zero-order valence-corrected chi connectivity index (χ0v) is 11.7. The third-order valence-corrected chi connectivity index (χ3v) is 3.98. The van der Waals surface area contributed by atoms with Gasteiger partial charge in [-0.25, -0.2) is 0 Å². The van der Waals surface area contributed by atoms with Gasteiger partial charge in [0, 0.05) is 17.7 Å². The van der Waals surface area contributed by atoms with Crippen molar-refractivity contribution in [2.45, 2.75) is 32.3 Å². The number of aliphatic hydroxyl groups excluding tert-OH is 1. The van der Waals surface area contributed by atoms with E-state index in [1.807, 2.05) is 19.1 Å². The van der Waals surface area contributed by atoms with Crippen molar-refractivity contribution in [3.8, 4) is 0 Å². The molecule has 0 spiro atoms. The van der Waals surface area contributed by atoms with Crippen LogP contribution in [0.15, 0.2) is 22.7 Å². The fraction of sp³-hybridized carbons (Fsp3) is 0.571. The minimum atomic E-state index is -0.341. The van der Waals surface area contributed by atoms with Crippen LogP contribution in [0.5, 0.6) is 0 Å². The van der Waals surface area contributed by atoms with Crippen molar-refractivity contribution in [2.75, 3.05) is 13.2 Å². The Balaban J connectivity index is 2.00. The Morgan fingerprint density at radius 2 is 2.12 bits per heavy atom. The molecule has 1 saturated heterocycles. The Morgan fingerprint density at radius 1 is 1.41 bits per heavy atom. The highest BCUT2D eigenvalue weighted by Crippen LogP contribution is 2.30. The predicted molar refractivity (Wildman–Crippen MR) is 72.0 cm³/mol. The predicted octanol–water partition coefficient (Wildman–Crippen LogP) is 3.61. The first-order valence-corrected chi connectivity index (χ1v) is 6.98. The Bertz CT molecular complexity index is 372. The molecule has 0 aliphatic carbocycles. The van der Waals surface area contributed by atoms with Crippen LogP contribution < -0.4 is 0 Å². The van der Waals surface area contributed by atoms with Gasteiger partial charge in [-0.05, 0) is 55.4 Å². The highest BCUT2D eigenvalue weighted by Gasteiger charge is 2.19. The van der Waals surface area contributed by atoms with Crippen molar-refractivity contribution in [1.29, 1.82) is 0 Å². The number of aliphatic hydroxyl groups is 1. The Hall–Kier alpha value is -0.380. The summed E-state index contributed by atoms with van der Waals surface area (Å²) in [6.07, 6.45) is 2.66. The molecule has 2 nitrogen and oxygen atoms in total. The van der Waals surface area contributed by atoms with Gasteiger partial charge in [0.2, 0.25) is 0 Å². The molecule has 0 saturated carbocycles. The van der Waals surface area contributed by atoms with Gasteiger partial charge >= 0.3 is 0 Å². The van der Waals surface area contributed by atoms with Crippen molar-refractivity contribution in [3.05, 3.63) is 33.8 Å². The number of ether oxygens (including phenoxy) is 1. The van der Waals surface area contributed by atoms with Crippen LogP contribution in [0.25, 0.3) is 0 Å². The SMILES string of the molecule is Cc1cc(Br)ccc1C(O)CC1CCOCC1. The first-order valence-electron chi connectivity index (χ1n) is 6.18. The van der Waals surface area contributed by atoms with Crippen molar-refractivity contribution < 1.29 is 9.84 Å². The molecular formula is C14H19BrO2. The van der Waals surface area contributed by atoms with Crippen molar-refractivity contribution in [2.24, 2.45) is 5.92 Å². The molecule has 1 heterocycles.